The molecule has 0 unspecified atom stereocenters. The van der Waals surface area contributed by atoms with Gasteiger partial charge < -0.3 is 10.1 Å². The van der Waals surface area contributed by atoms with E-state index in [2.05, 4.69) is 20.3 Å². The number of aromatic nitrogens is 3. The summed E-state index contributed by atoms with van der Waals surface area (Å²) in [5.41, 5.74) is 1.96. The number of pyridine rings is 1. The highest BCUT2D eigenvalue weighted by atomic mass is 16.5. The molecule has 0 amide bonds. The van der Waals surface area contributed by atoms with Crippen molar-refractivity contribution in [1.82, 2.24) is 15.0 Å². The van der Waals surface area contributed by atoms with E-state index in [1.165, 1.54) is 0 Å². The van der Waals surface area contributed by atoms with Crippen LogP contribution in [0.15, 0.2) is 24.4 Å². The third kappa shape index (κ3) is 3.91. The zero-order valence-corrected chi connectivity index (χ0v) is 12.3. The Bertz CT molecular complexity index is 564. The van der Waals surface area contributed by atoms with Crippen LogP contribution in [0.4, 0.5) is 5.82 Å². The molecule has 0 fully saturated rings. The maximum Gasteiger partial charge on any atom is 0.218 e. The quantitative estimate of drug-likeness (QED) is 0.907. The molecule has 0 bridgehead atoms. The van der Waals surface area contributed by atoms with Crippen LogP contribution in [0.2, 0.25) is 0 Å². The van der Waals surface area contributed by atoms with E-state index < -0.39 is 0 Å². The summed E-state index contributed by atoms with van der Waals surface area (Å²) in [6.07, 6.45) is 1.84. The van der Waals surface area contributed by atoms with Gasteiger partial charge in [-0.25, -0.2) is 15.0 Å². The van der Waals surface area contributed by atoms with E-state index >= 15 is 0 Å². The molecule has 0 saturated carbocycles. The van der Waals surface area contributed by atoms with Crippen molar-refractivity contribution in [3.63, 3.8) is 0 Å². The van der Waals surface area contributed by atoms with Crippen LogP contribution in [-0.2, 0) is 6.54 Å². The first-order valence-corrected chi connectivity index (χ1v) is 6.71. The lowest BCUT2D eigenvalue weighted by Gasteiger charge is -2.13. The van der Waals surface area contributed by atoms with Gasteiger partial charge in [0.15, 0.2) is 0 Å². The van der Waals surface area contributed by atoms with Crippen molar-refractivity contribution in [2.75, 3.05) is 5.32 Å². The highest BCUT2D eigenvalue weighted by Gasteiger charge is 2.07. The molecule has 2 aromatic heterocycles. The van der Waals surface area contributed by atoms with E-state index in [4.69, 9.17) is 4.74 Å². The zero-order chi connectivity index (χ0) is 14.5. The Balaban J connectivity index is 2.10. The Kier molecular flexibility index (Phi) is 4.50. The maximum absolute atomic E-state index is 5.70. The number of nitrogens with one attached hydrogen (secondary N) is 1. The summed E-state index contributed by atoms with van der Waals surface area (Å²) in [4.78, 5) is 12.9. The molecule has 5 nitrogen and oxygen atoms in total. The standard InChI is InChI=1S/C15H20N4O/c1-10(2)20-15-13(6-5-7-16-15)9-17-14-8-11(3)18-12(4)19-14/h5-8,10H,9H2,1-4H3,(H,17,18,19). The fourth-order valence-electron chi connectivity index (χ4n) is 1.88. The van der Waals surface area contributed by atoms with Crippen molar-refractivity contribution in [3.05, 3.63) is 41.5 Å². The number of ether oxygens (including phenoxy) is 1. The number of nitrogens with zero attached hydrogens (tertiary/aromatic N) is 3. The predicted molar refractivity (Wildman–Crippen MR) is 78.8 cm³/mol. The summed E-state index contributed by atoms with van der Waals surface area (Å²) in [6, 6.07) is 5.83. The zero-order valence-electron chi connectivity index (χ0n) is 12.3. The Labute approximate surface area is 119 Å². The van der Waals surface area contributed by atoms with Crippen molar-refractivity contribution in [1.29, 1.82) is 0 Å². The summed E-state index contributed by atoms with van der Waals surface area (Å²) in [5.74, 6) is 2.24. The van der Waals surface area contributed by atoms with Crippen molar-refractivity contribution in [2.24, 2.45) is 0 Å². The molecule has 0 aliphatic carbocycles. The molecule has 0 aliphatic rings. The van der Waals surface area contributed by atoms with Crippen molar-refractivity contribution >= 4 is 5.82 Å². The third-order valence-electron chi connectivity index (χ3n) is 2.62. The van der Waals surface area contributed by atoms with Crippen LogP contribution >= 0.6 is 0 Å². The predicted octanol–water partition coefficient (Wildman–Crippen LogP) is 2.89. The molecule has 0 aliphatic heterocycles. The van der Waals surface area contributed by atoms with Crippen LogP contribution in [0.5, 0.6) is 5.88 Å². The van der Waals surface area contributed by atoms with E-state index in [1.807, 2.05) is 45.9 Å². The second-order valence-electron chi connectivity index (χ2n) is 4.93. The highest BCUT2D eigenvalue weighted by molar-refractivity contribution is 5.38. The molecule has 106 valence electrons. The lowest BCUT2D eigenvalue weighted by atomic mass is 10.2. The van der Waals surface area contributed by atoms with Gasteiger partial charge in [-0.05, 0) is 33.8 Å². The number of anilines is 1. The Morgan fingerprint density at radius 1 is 1.25 bits per heavy atom. The van der Waals surface area contributed by atoms with Gasteiger partial charge in [0, 0.05) is 30.1 Å². The second kappa shape index (κ2) is 6.32. The molecule has 0 saturated heterocycles. The number of hydrogen-bond donors (Lipinski definition) is 1. The average Bonchev–Trinajstić information content (AvgIpc) is 2.36. The number of rotatable bonds is 5. The molecule has 0 spiro atoms. The van der Waals surface area contributed by atoms with Crippen LogP contribution in [0.25, 0.3) is 0 Å². The Hall–Kier alpha value is -2.17. The van der Waals surface area contributed by atoms with Gasteiger partial charge in [-0.1, -0.05) is 6.07 Å². The van der Waals surface area contributed by atoms with Gasteiger partial charge in [0.2, 0.25) is 5.88 Å². The van der Waals surface area contributed by atoms with Gasteiger partial charge in [0.25, 0.3) is 0 Å². The van der Waals surface area contributed by atoms with Crippen molar-refractivity contribution in [2.45, 2.75) is 40.3 Å². The van der Waals surface area contributed by atoms with Crippen LogP contribution < -0.4 is 10.1 Å². The molecule has 0 atom stereocenters. The second-order valence-corrected chi connectivity index (χ2v) is 4.93. The minimum atomic E-state index is 0.104. The molecular formula is C15H20N4O. The van der Waals surface area contributed by atoms with Gasteiger partial charge in [-0.3, -0.25) is 0 Å². The molecule has 0 aromatic carbocycles. The molecule has 20 heavy (non-hydrogen) atoms. The van der Waals surface area contributed by atoms with Crippen molar-refractivity contribution in [3.8, 4) is 5.88 Å². The largest absolute Gasteiger partial charge is 0.475 e. The van der Waals surface area contributed by atoms with Gasteiger partial charge in [-0.15, -0.1) is 0 Å². The topological polar surface area (TPSA) is 59.9 Å². The fraction of sp³-hybridized carbons (Fsp3) is 0.400. The monoisotopic (exact) mass is 272 g/mol. The molecule has 2 heterocycles. The molecule has 2 aromatic rings. The minimum absolute atomic E-state index is 0.104. The molecular weight excluding hydrogens is 252 g/mol. The highest BCUT2D eigenvalue weighted by Crippen LogP contribution is 2.17. The van der Waals surface area contributed by atoms with Gasteiger partial charge in [0.1, 0.15) is 11.6 Å². The average molecular weight is 272 g/mol. The first-order valence-electron chi connectivity index (χ1n) is 6.71. The van der Waals surface area contributed by atoms with E-state index in [-0.39, 0.29) is 6.10 Å². The van der Waals surface area contributed by atoms with Gasteiger partial charge in [-0.2, -0.15) is 0 Å². The minimum Gasteiger partial charge on any atom is -0.475 e. The van der Waals surface area contributed by atoms with E-state index in [0.29, 0.717) is 12.4 Å². The summed E-state index contributed by atoms with van der Waals surface area (Å²) in [6.45, 7) is 8.44. The Morgan fingerprint density at radius 3 is 2.75 bits per heavy atom. The number of hydrogen-bond acceptors (Lipinski definition) is 5. The lowest BCUT2D eigenvalue weighted by Crippen LogP contribution is -2.11. The van der Waals surface area contributed by atoms with E-state index in [0.717, 1.165) is 22.9 Å². The van der Waals surface area contributed by atoms with Crippen LogP contribution in [0.1, 0.15) is 30.9 Å². The normalized spacial score (nSPS) is 10.7. The van der Waals surface area contributed by atoms with Gasteiger partial charge >= 0.3 is 0 Å². The summed E-state index contributed by atoms with van der Waals surface area (Å²) >= 11 is 0. The molecule has 5 heteroatoms. The SMILES string of the molecule is Cc1cc(NCc2cccnc2OC(C)C)nc(C)n1. The van der Waals surface area contributed by atoms with E-state index in [9.17, 15) is 0 Å². The van der Waals surface area contributed by atoms with Crippen LogP contribution in [-0.4, -0.2) is 21.1 Å². The van der Waals surface area contributed by atoms with Gasteiger partial charge in [0.05, 0.1) is 6.10 Å². The summed E-state index contributed by atoms with van der Waals surface area (Å²) < 4.78 is 5.70. The summed E-state index contributed by atoms with van der Waals surface area (Å²) in [5, 5.41) is 3.29. The van der Waals surface area contributed by atoms with Crippen LogP contribution in [0, 0.1) is 13.8 Å². The van der Waals surface area contributed by atoms with E-state index in [1.54, 1.807) is 6.20 Å². The summed E-state index contributed by atoms with van der Waals surface area (Å²) in [7, 11) is 0. The molecule has 2 rings (SSSR count). The smallest absolute Gasteiger partial charge is 0.218 e. The lowest BCUT2D eigenvalue weighted by molar-refractivity contribution is 0.230. The van der Waals surface area contributed by atoms with Crippen LogP contribution in [0.3, 0.4) is 0 Å². The first-order chi connectivity index (χ1) is 9.54. The Morgan fingerprint density at radius 2 is 2.05 bits per heavy atom. The third-order valence-corrected chi connectivity index (χ3v) is 2.62. The first kappa shape index (κ1) is 14.2. The fourth-order valence-corrected chi connectivity index (χ4v) is 1.88. The maximum atomic E-state index is 5.70. The number of aryl methyl sites for hydroxylation is 2. The van der Waals surface area contributed by atoms with Crippen molar-refractivity contribution < 1.29 is 4.74 Å². The molecule has 0 radical (unpaired) electrons. The molecule has 1 N–H and O–H groups in total.